The molecule has 1 saturated heterocycles. The van der Waals surface area contributed by atoms with Crippen LogP contribution in [0.1, 0.15) is 44.4 Å². The minimum atomic E-state index is -0.148. The van der Waals surface area contributed by atoms with Crippen molar-refractivity contribution in [3.63, 3.8) is 0 Å². The van der Waals surface area contributed by atoms with Crippen molar-refractivity contribution in [3.05, 3.63) is 70.5 Å². The van der Waals surface area contributed by atoms with Gasteiger partial charge in [0.1, 0.15) is 0 Å². The number of ether oxygens (including phenoxy) is 3. The van der Waals surface area contributed by atoms with Gasteiger partial charge < -0.3 is 23.9 Å². The van der Waals surface area contributed by atoms with Crippen LogP contribution in [0.3, 0.4) is 0 Å². The number of anilines is 1. The minimum Gasteiger partial charge on any atom is -0.382 e. The average Bonchev–Trinajstić information content (AvgIpc) is 3.43. The fourth-order valence-corrected chi connectivity index (χ4v) is 5.50. The number of hydrogen-bond donors (Lipinski definition) is 0. The smallest absolute Gasteiger partial charge is 0.230 e. The number of nitrogens with zero attached hydrogens (tertiary/aromatic N) is 2. The second-order valence-corrected chi connectivity index (χ2v) is 10.5. The molecular formula is C32H40N2O4S. The second kappa shape index (κ2) is 16.2. The van der Waals surface area contributed by atoms with E-state index in [1.165, 1.54) is 35.7 Å². The zero-order valence-electron chi connectivity index (χ0n) is 22.1. The van der Waals surface area contributed by atoms with E-state index in [0.29, 0.717) is 45.9 Å². The van der Waals surface area contributed by atoms with Crippen LogP contribution in [-0.4, -0.2) is 59.0 Å². The summed E-state index contributed by atoms with van der Waals surface area (Å²) in [6, 6.07) is 17.4. The zero-order valence-corrected chi connectivity index (χ0v) is 22.9. The highest BCUT2D eigenvalue weighted by Crippen LogP contribution is 2.33. The van der Waals surface area contributed by atoms with Gasteiger partial charge in [0.05, 0.1) is 33.0 Å². The Morgan fingerprint density at radius 3 is 2.44 bits per heavy atom. The number of Topliss-reactive ketones (excluding diaryl/α,β-unsaturated/α-hetero) is 1. The monoisotopic (exact) mass is 548 g/mol. The van der Waals surface area contributed by atoms with Crippen molar-refractivity contribution in [1.29, 1.82) is 0 Å². The third kappa shape index (κ3) is 9.01. The number of carbonyl (C=O) groups is 1. The van der Waals surface area contributed by atoms with E-state index in [1.807, 2.05) is 6.07 Å². The Labute approximate surface area is 237 Å². The highest BCUT2D eigenvalue weighted by atomic mass is 32.1. The number of carbonyl (C=O) groups excluding carboxylic acids is 1. The highest BCUT2D eigenvalue weighted by Gasteiger charge is 2.13. The Bertz CT molecular complexity index is 1270. The first kappa shape index (κ1) is 30.5. The standard InChI is InChI=1S/C31H36N2O4S.CH4/c1-32-29(30(34)7-6-16-36-19-20-37-18-17-35-2)23-28-12-13-31(38-28)26-9-8-25-22-27(11-10-24(25)21-26)33-14-4-3-5-15-33;/h8-13,21-23H,3-7,14-20H2,2H3;1H4/b29-23-;. The van der Waals surface area contributed by atoms with Crippen LogP contribution in [0.5, 0.6) is 0 Å². The van der Waals surface area contributed by atoms with Gasteiger partial charge in [-0.2, -0.15) is 0 Å². The van der Waals surface area contributed by atoms with Crippen LogP contribution in [-0.2, 0) is 19.0 Å². The van der Waals surface area contributed by atoms with Gasteiger partial charge >= 0.3 is 0 Å². The third-order valence-corrected chi connectivity index (χ3v) is 7.72. The summed E-state index contributed by atoms with van der Waals surface area (Å²) in [4.78, 5) is 20.6. The number of hydrogen-bond acceptors (Lipinski definition) is 6. The Morgan fingerprint density at radius 2 is 1.67 bits per heavy atom. The molecule has 2 aromatic carbocycles. The number of piperidine rings is 1. The fourth-order valence-electron chi connectivity index (χ4n) is 4.56. The predicted octanol–water partition coefficient (Wildman–Crippen LogP) is 7.48. The van der Waals surface area contributed by atoms with E-state index in [0.717, 1.165) is 28.4 Å². The molecule has 6 nitrogen and oxygen atoms in total. The minimum absolute atomic E-state index is 0. The fraction of sp³-hybridized carbons (Fsp3) is 0.438. The lowest BCUT2D eigenvalue weighted by Crippen LogP contribution is -2.29. The van der Waals surface area contributed by atoms with E-state index < -0.39 is 0 Å². The molecule has 0 radical (unpaired) electrons. The number of rotatable bonds is 14. The Morgan fingerprint density at radius 1 is 0.949 bits per heavy atom. The summed E-state index contributed by atoms with van der Waals surface area (Å²) in [6.07, 6.45) is 6.45. The van der Waals surface area contributed by atoms with Crippen molar-refractivity contribution in [3.8, 4) is 10.4 Å². The first-order chi connectivity index (χ1) is 18.7. The molecule has 1 aliphatic rings. The molecule has 0 N–H and O–H groups in total. The number of benzene rings is 2. The third-order valence-electron chi connectivity index (χ3n) is 6.64. The molecule has 0 spiro atoms. The molecule has 208 valence electrons. The molecule has 1 aromatic heterocycles. The van der Waals surface area contributed by atoms with E-state index in [2.05, 4.69) is 52.2 Å². The molecule has 39 heavy (non-hydrogen) atoms. The van der Waals surface area contributed by atoms with Crippen LogP contribution in [0.15, 0.2) is 54.2 Å². The number of ketones is 1. The van der Waals surface area contributed by atoms with Gasteiger partial charge in [0.15, 0.2) is 5.78 Å². The molecule has 1 aliphatic heterocycles. The van der Waals surface area contributed by atoms with E-state index in [1.54, 1.807) is 24.5 Å². The number of fused-ring (bicyclic) bond motifs is 1. The van der Waals surface area contributed by atoms with Crippen LogP contribution < -0.4 is 4.90 Å². The molecule has 3 aromatic rings. The Balaban J connectivity index is 0.00000420. The first-order valence-corrected chi connectivity index (χ1v) is 14.2. The molecular weight excluding hydrogens is 508 g/mol. The zero-order chi connectivity index (χ0) is 26.6. The van der Waals surface area contributed by atoms with E-state index in [9.17, 15) is 4.79 Å². The van der Waals surface area contributed by atoms with Crippen molar-refractivity contribution in [2.75, 3.05) is 58.1 Å². The van der Waals surface area contributed by atoms with Crippen LogP contribution in [0.2, 0.25) is 0 Å². The molecule has 0 aliphatic carbocycles. The SMILES string of the molecule is C.[C-]#[N+]/C(=C\c1ccc(-c2ccc3cc(N4CCCCC4)ccc3c2)s1)C(=O)CCCOCCOCCOC. The van der Waals surface area contributed by atoms with Gasteiger partial charge in [-0.25, -0.2) is 4.85 Å². The van der Waals surface area contributed by atoms with Gasteiger partial charge in [-0.05, 0) is 78.4 Å². The first-order valence-electron chi connectivity index (χ1n) is 13.3. The maximum atomic E-state index is 12.6. The maximum Gasteiger partial charge on any atom is 0.230 e. The van der Waals surface area contributed by atoms with Gasteiger partial charge in [-0.3, -0.25) is 0 Å². The molecule has 4 rings (SSSR count). The Hall–Kier alpha value is -3.02. The van der Waals surface area contributed by atoms with Gasteiger partial charge in [-0.15, -0.1) is 11.3 Å². The molecule has 0 bridgehead atoms. The van der Waals surface area contributed by atoms with Crippen LogP contribution in [0, 0.1) is 6.57 Å². The summed E-state index contributed by atoms with van der Waals surface area (Å²) >= 11 is 1.60. The van der Waals surface area contributed by atoms with Crippen LogP contribution in [0.25, 0.3) is 32.1 Å². The summed E-state index contributed by atoms with van der Waals surface area (Å²) < 4.78 is 15.8. The molecule has 1 fully saturated rings. The van der Waals surface area contributed by atoms with Crippen LogP contribution >= 0.6 is 11.3 Å². The van der Waals surface area contributed by atoms with Crippen molar-refractivity contribution in [2.24, 2.45) is 0 Å². The van der Waals surface area contributed by atoms with Crippen LogP contribution in [0.4, 0.5) is 5.69 Å². The predicted molar refractivity (Wildman–Crippen MR) is 162 cm³/mol. The van der Waals surface area contributed by atoms with Crippen molar-refractivity contribution in [1.82, 2.24) is 0 Å². The quantitative estimate of drug-likeness (QED) is 0.119. The molecule has 2 heterocycles. The van der Waals surface area contributed by atoms with Gasteiger partial charge in [0.25, 0.3) is 0 Å². The molecule has 0 saturated carbocycles. The topological polar surface area (TPSA) is 52.4 Å². The van der Waals surface area contributed by atoms with E-state index >= 15 is 0 Å². The molecule has 0 atom stereocenters. The number of thiophene rings is 1. The summed E-state index contributed by atoms with van der Waals surface area (Å²) in [5.74, 6) is -0.148. The number of methoxy groups -OCH3 is 1. The summed E-state index contributed by atoms with van der Waals surface area (Å²) in [7, 11) is 1.63. The normalized spacial score (nSPS) is 13.7. The van der Waals surface area contributed by atoms with Crippen molar-refractivity contribution < 1.29 is 19.0 Å². The van der Waals surface area contributed by atoms with E-state index in [4.69, 9.17) is 20.8 Å². The van der Waals surface area contributed by atoms with Gasteiger partial charge in [0.2, 0.25) is 5.70 Å². The Kier molecular flexibility index (Phi) is 12.7. The van der Waals surface area contributed by atoms with Gasteiger partial charge in [-0.1, -0.05) is 25.6 Å². The van der Waals surface area contributed by atoms with E-state index in [-0.39, 0.29) is 18.9 Å². The van der Waals surface area contributed by atoms with Gasteiger partial charge in [0, 0.05) is 48.7 Å². The maximum absolute atomic E-state index is 12.6. The number of allylic oxidation sites excluding steroid dienone is 1. The molecule has 7 heteroatoms. The molecule has 0 amide bonds. The lowest BCUT2D eigenvalue weighted by atomic mass is 10.0. The lowest BCUT2D eigenvalue weighted by Gasteiger charge is -2.29. The highest BCUT2D eigenvalue weighted by molar-refractivity contribution is 7.16. The van der Waals surface area contributed by atoms with Crippen molar-refractivity contribution in [2.45, 2.75) is 39.5 Å². The second-order valence-electron chi connectivity index (χ2n) is 9.38. The summed E-state index contributed by atoms with van der Waals surface area (Å²) in [6.45, 7) is 12.3. The van der Waals surface area contributed by atoms with Crippen molar-refractivity contribution >= 4 is 39.7 Å². The summed E-state index contributed by atoms with van der Waals surface area (Å²) in [5, 5.41) is 2.46. The molecule has 0 unspecified atom stereocenters. The average molecular weight is 549 g/mol. The summed E-state index contributed by atoms with van der Waals surface area (Å²) in [5.41, 5.74) is 2.63. The largest absolute Gasteiger partial charge is 0.382 e. The lowest BCUT2D eigenvalue weighted by molar-refractivity contribution is -0.115.